The van der Waals surface area contributed by atoms with Crippen LogP contribution in [0.25, 0.3) is 0 Å². The molecule has 1 amide bonds. The summed E-state index contributed by atoms with van der Waals surface area (Å²) in [5.74, 6) is 1.81. The maximum absolute atomic E-state index is 12.5. The third-order valence-corrected chi connectivity index (χ3v) is 5.78. The van der Waals surface area contributed by atoms with Crippen molar-refractivity contribution in [1.29, 1.82) is 0 Å². The van der Waals surface area contributed by atoms with E-state index in [0.717, 1.165) is 43.2 Å². The average Bonchev–Trinajstić information content (AvgIpc) is 2.81. The Bertz CT molecular complexity index is 945. The van der Waals surface area contributed by atoms with Crippen molar-refractivity contribution in [1.82, 2.24) is 9.80 Å². The van der Waals surface area contributed by atoms with E-state index in [1.165, 1.54) is 5.56 Å². The molecule has 2 aromatic rings. The molecule has 1 saturated heterocycles. The Morgan fingerprint density at radius 3 is 2.39 bits per heavy atom. The SMILES string of the molecule is COc1ccc(C2C=NC(Nc3ccc(CC(=O)N4CCN(C)CC4)cc3)=NC2)cc1. The van der Waals surface area contributed by atoms with Crippen molar-refractivity contribution < 1.29 is 9.53 Å². The molecule has 0 bridgehead atoms. The first kappa shape index (κ1) is 21.1. The molecule has 4 rings (SSSR count). The number of carbonyl (C=O) groups excluding carboxylic acids is 1. The van der Waals surface area contributed by atoms with Crippen LogP contribution in [0.2, 0.25) is 0 Å². The second-order valence-electron chi connectivity index (χ2n) is 8.00. The van der Waals surface area contributed by atoms with Gasteiger partial charge in [-0.25, -0.2) is 4.99 Å². The van der Waals surface area contributed by atoms with Gasteiger partial charge in [-0.3, -0.25) is 9.79 Å². The van der Waals surface area contributed by atoms with Gasteiger partial charge in [-0.1, -0.05) is 24.3 Å². The van der Waals surface area contributed by atoms with Gasteiger partial charge < -0.3 is 19.9 Å². The second kappa shape index (κ2) is 9.75. The molecule has 0 spiro atoms. The number of amides is 1. The van der Waals surface area contributed by atoms with E-state index in [1.807, 2.05) is 59.6 Å². The van der Waals surface area contributed by atoms with E-state index >= 15 is 0 Å². The van der Waals surface area contributed by atoms with Gasteiger partial charge in [-0.15, -0.1) is 0 Å². The molecule has 162 valence electrons. The van der Waals surface area contributed by atoms with Crippen LogP contribution in [0.1, 0.15) is 17.0 Å². The number of guanidine groups is 1. The van der Waals surface area contributed by atoms with Crippen molar-refractivity contribution in [3.05, 3.63) is 59.7 Å². The lowest BCUT2D eigenvalue weighted by Crippen LogP contribution is -2.47. The normalized spacial score (nSPS) is 19.1. The Hall–Kier alpha value is -3.19. The zero-order chi connectivity index (χ0) is 21.6. The van der Waals surface area contributed by atoms with Crippen molar-refractivity contribution in [2.75, 3.05) is 52.2 Å². The Labute approximate surface area is 183 Å². The van der Waals surface area contributed by atoms with Crippen molar-refractivity contribution in [2.45, 2.75) is 12.3 Å². The Morgan fingerprint density at radius 1 is 1.06 bits per heavy atom. The third kappa shape index (κ3) is 5.49. The lowest BCUT2D eigenvalue weighted by atomic mass is 10.00. The van der Waals surface area contributed by atoms with Crippen LogP contribution in [0.15, 0.2) is 58.5 Å². The molecule has 0 aliphatic carbocycles. The third-order valence-electron chi connectivity index (χ3n) is 5.78. The Kier molecular flexibility index (Phi) is 6.62. The van der Waals surface area contributed by atoms with Crippen molar-refractivity contribution in [2.24, 2.45) is 9.98 Å². The predicted molar refractivity (Wildman–Crippen MR) is 124 cm³/mol. The number of anilines is 1. The van der Waals surface area contributed by atoms with Gasteiger partial charge >= 0.3 is 0 Å². The van der Waals surface area contributed by atoms with Gasteiger partial charge in [0.1, 0.15) is 5.75 Å². The number of likely N-dealkylation sites (N-methyl/N-ethyl adjacent to an activating group) is 1. The van der Waals surface area contributed by atoms with E-state index in [9.17, 15) is 4.79 Å². The fraction of sp³-hybridized carbons (Fsp3) is 0.375. The van der Waals surface area contributed by atoms with Crippen molar-refractivity contribution in [3.8, 4) is 5.75 Å². The minimum atomic E-state index is 0.166. The lowest BCUT2D eigenvalue weighted by molar-refractivity contribution is -0.132. The minimum absolute atomic E-state index is 0.166. The molecule has 0 aromatic heterocycles. The maximum Gasteiger partial charge on any atom is 0.227 e. The molecule has 2 aromatic carbocycles. The van der Waals surface area contributed by atoms with E-state index in [1.54, 1.807) is 7.11 Å². The van der Waals surface area contributed by atoms with Gasteiger partial charge in [0.2, 0.25) is 11.9 Å². The summed E-state index contributed by atoms with van der Waals surface area (Å²) in [6, 6.07) is 15.9. The smallest absolute Gasteiger partial charge is 0.227 e. The summed E-state index contributed by atoms with van der Waals surface area (Å²) < 4.78 is 5.21. The van der Waals surface area contributed by atoms with Gasteiger partial charge in [-0.05, 0) is 42.4 Å². The summed E-state index contributed by atoms with van der Waals surface area (Å²) >= 11 is 0. The van der Waals surface area contributed by atoms with Crippen LogP contribution >= 0.6 is 0 Å². The number of aliphatic imine (C=N–C) groups is 2. The summed E-state index contributed by atoms with van der Waals surface area (Å²) in [5.41, 5.74) is 3.10. The van der Waals surface area contributed by atoms with Crippen LogP contribution in [0.4, 0.5) is 5.69 Å². The Balaban J connectivity index is 1.28. The number of hydrogen-bond acceptors (Lipinski definition) is 6. The fourth-order valence-corrected chi connectivity index (χ4v) is 3.73. The van der Waals surface area contributed by atoms with Gasteiger partial charge in [0, 0.05) is 44.0 Å². The van der Waals surface area contributed by atoms with Crippen LogP contribution in [0.5, 0.6) is 5.75 Å². The molecule has 2 aliphatic heterocycles. The van der Waals surface area contributed by atoms with Gasteiger partial charge in [0.25, 0.3) is 0 Å². The summed E-state index contributed by atoms with van der Waals surface area (Å²) in [7, 11) is 3.75. The first-order valence-electron chi connectivity index (χ1n) is 10.7. The largest absolute Gasteiger partial charge is 0.497 e. The molecule has 0 radical (unpaired) electrons. The number of nitrogens with one attached hydrogen (secondary N) is 1. The molecule has 7 heteroatoms. The quantitative estimate of drug-likeness (QED) is 0.809. The lowest BCUT2D eigenvalue weighted by Gasteiger charge is -2.32. The number of ether oxygens (including phenoxy) is 1. The van der Waals surface area contributed by atoms with E-state index < -0.39 is 0 Å². The number of hydrogen-bond donors (Lipinski definition) is 1. The molecule has 2 heterocycles. The second-order valence-corrected chi connectivity index (χ2v) is 8.00. The standard InChI is InChI=1S/C24H29N5O2/c1-28-11-13-29(14-12-28)23(30)15-18-3-7-21(8-4-18)27-24-25-16-20(17-26-24)19-5-9-22(31-2)10-6-19/h3-10,16,20H,11-15,17H2,1-2H3,(H,26,27). The topological polar surface area (TPSA) is 69.5 Å². The first-order valence-corrected chi connectivity index (χ1v) is 10.7. The molecule has 1 unspecified atom stereocenters. The van der Waals surface area contributed by atoms with Crippen LogP contribution in [-0.4, -0.2) is 74.8 Å². The number of piperazine rings is 1. The van der Waals surface area contributed by atoms with E-state index in [2.05, 4.69) is 27.2 Å². The highest BCUT2D eigenvalue weighted by Gasteiger charge is 2.19. The van der Waals surface area contributed by atoms with Gasteiger partial charge in [0.05, 0.1) is 20.1 Å². The zero-order valence-corrected chi connectivity index (χ0v) is 18.1. The number of benzene rings is 2. The van der Waals surface area contributed by atoms with Crippen molar-refractivity contribution in [3.63, 3.8) is 0 Å². The number of nitrogens with zero attached hydrogens (tertiary/aromatic N) is 4. The van der Waals surface area contributed by atoms with Crippen LogP contribution in [0.3, 0.4) is 0 Å². The van der Waals surface area contributed by atoms with E-state index in [0.29, 0.717) is 18.9 Å². The van der Waals surface area contributed by atoms with Crippen LogP contribution in [-0.2, 0) is 11.2 Å². The zero-order valence-electron chi connectivity index (χ0n) is 18.1. The highest BCUT2D eigenvalue weighted by Crippen LogP contribution is 2.21. The van der Waals surface area contributed by atoms with Gasteiger partial charge in [0.15, 0.2) is 0 Å². The molecule has 7 nitrogen and oxygen atoms in total. The first-order chi connectivity index (χ1) is 15.1. The monoisotopic (exact) mass is 419 g/mol. The van der Waals surface area contributed by atoms with E-state index in [4.69, 9.17) is 4.74 Å². The van der Waals surface area contributed by atoms with Crippen molar-refractivity contribution >= 4 is 23.8 Å². The summed E-state index contributed by atoms with van der Waals surface area (Å²) in [5, 5.41) is 3.25. The van der Waals surface area contributed by atoms with Crippen LogP contribution < -0.4 is 10.1 Å². The summed E-state index contributed by atoms with van der Waals surface area (Å²) in [6.07, 6.45) is 2.37. The van der Waals surface area contributed by atoms with Gasteiger partial charge in [-0.2, -0.15) is 0 Å². The molecule has 1 atom stereocenters. The number of methoxy groups -OCH3 is 1. The maximum atomic E-state index is 12.5. The Morgan fingerprint density at radius 2 is 1.77 bits per heavy atom. The molecule has 1 fully saturated rings. The molecule has 1 N–H and O–H groups in total. The number of rotatable bonds is 5. The highest BCUT2D eigenvalue weighted by atomic mass is 16.5. The molecule has 31 heavy (non-hydrogen) atoms. The predicted octanol–water partition coefficient (Wildman–Crippen LogP) is 2.65. The average molecular weight is 420 g/mol. The number of carbonyl (C=O) groups is 1. The molecular formula is C24H29N5O2. The highest BCUT2D eigenvalue weighted by molar-refractivity contribution is 6.00. The molecule has 0 saturated carbocycles. The molecule has 2 aliphatic rings. The molecular weight excluding hydrogens is 390 g/mol. The fourth-order valence-electron chi connectivity index (χ4n) is 3.73. The minimum Gasteiger partial charge on any atom is -0.497 e. The summed E-state index contributed by atoms with van der Waals surface area (Å²) in [4.78, 5) is 25.8. The van der Waals surface area contributed by atoms with Crippen LogP contribution in [0, 0.1) is 0 Å². The summed E-state index contributed by atoms with van der Waals surface area (Å²) in [6.45, 7) is 4.15. The van der Waals surface area contributed by atoms with E-state index in [-0.39, 0.29) is 11.8 Å².